The molecule has 26 heavy (non-hydrogen) atoms. The van der Waals surface area contributed by atoms with Crippen molar-refractivity contribution in [1.29, 1.82) is 0 Å². The Balaban J connectivity index is 1.73. The Bertz CT molecular complexity index is 983. The lowest BCUT2D eigenvalue weighted by Gasteiger charge is -2.37. The van der Waals surface area contributed by atoms with Gasteiger partial charge in [0, 0.05) is 43.0 Å². The first-order chi connectivity index (χ1) is 12.5. The van der Waals surface area contributed by atoms with Crippen LogP contribution < -0.4 is 4.74 Å². The van der Waals surface area contributed by atoms with Gasteiger partial charge in [0.15, 0.2) is 0 Å². The Kier molecular flexibility index (Phi) is 4.02. The molecule has 0 spiro atoms. The first kappa shape index (κ1) is 16.8. The van der Waals surface area contributed by atoms with Gasteiger partial charge in [-0.05, 0) is 43.7 Å². The van der Waals surface area contributed by atoms with Crippen LogP contribution in [-0.2, 0) is 13.6 Å². The number of benzene rings is 1. The fourth-order valence-electron chi connectivity index (χ4n) is 4.17. The molecule has 0 fully saturated rings. The highest BCUT2D eigenvalue weighted by Gasteiger charge is 2.32. The fraction of sp³-hybridized carbons (Fsp3) is 0.381. The summed E-state index contributed by atoms with van der Waals surface area (Å²) in [5.41, 5.74) is 4.24. The number of methoxy groups -OCH3 is 1. The van der Waals surface area contributed by atoms with Crippen LogP contribution in [0.3, 0.4) is 0 Å². The second kappa shape index (κ2) is 6.24. The van der Waals surface area contributed by atoms with E-state index < -0.39 is 0 Å². The largest absolute Gasteiger partial charge is 0.497 e. The van der Waals surface area contributed by atoms with E-state index in [9.17, 15) is 4.79 Å². The summed E-state index contributed by atoms with van der Waals surface area (Å²) in [6.45, 7) is 5.87. The Morgan fingerprint density at radius 3 is 2.73 bits per heavy atom. The first-order valence-electron chi connectivity index (χ1n) is 9.15. The van der Waals surface area contributed by atoms with Crippen molar-refractivity contribution < 1.29 is 9.53 Å². The molecule has 0 saturated carbocycles. The number of ether oxygens (including phenoxy) is 1. The Morgan fingerprint density at radius 2 is 2.00 bits per heavy atom. The van der Waals surface area contributed by atoms with Crippen LogP contribution in [-0.4, -0.2) is 33.6 Å². The summed E-state index contributed by atoms with van der Waals surface area (Å²) in [6, 6.07) is 12.3. The third-order valence-corrected chi connectivity index (χ3v) is 5.63. The second-order valence-electron chi connectivity index (χ2n) is 6.99. The molecule has 0 N–H and O–H groups in total. The van der Waals surface area contributed by atoms with E-state index in [1.54, 1.807) is 7.11 Å². The molecule has 0 bridgehead atoms. The molecule has 2 aromatic heterocycles. The third kappa shape index (κ3) is 2.42. The maximum atomic E-state index is 13.4. The van der Waals surface area contributed by atoms with Crippen molar-refractivity contribution in [3.05, 3.63) is 53.5 Å². The highest BCUT2D eigenvalue weighted by atomic mass is 16.5. The van der Waals surface area contributed by atoms with Gasteiger partial charge in [-0.25, -0.2) is 0 Å². The average Bonchev–Trinajstić information content (AvgIpc) is 3.20. The summed E-state index contributed by atoms with van der Waals surface area (Å²) < 4.78 is 9.64. The maximum Gasteiger partial charge on any atom is 0.271 e. The molecule has 1 amide bonds. The van der Waals surface area contributed by atoms with Gasteiger partial charge in [-0.3, -0.25) is 4.79 Å². The van der Waals surface area contributed by atoms with Crippen LogP contribution in [0.2, 0.25) is 0 Å². The number of carbonyl (C=O) groups excluding carboxylic acids is 1. The number of amides is 1. The molecule has 3 aromatic rings. The molecule has 1 aliphatic rings. The molecule has 0 aliphatic carbocycles. The molecule has 5 heteroatoms. The number of aromatic nitrogens is 2. The highest BCUT2D eigenvalue weighted by molar-refractivity contribution is 5.99. The smallest absolute Gasteiger partial charge is 0.271 e. The summed E-state index contributed by atoms with van der Waals surface area (Å²) in [5, 5.41) is 1.06. The van der Waals surface area contributed by atoms with Gasteiger partial charge in [0.2, 0.25) is 0 Å². The molecule has 4 rings (SSSR count). The quantitative estimate of drug-likeness (QED) is 0.718. The molecule has 0 saturated heterocycles. The van der Waals surface area contributed by atoms with E-state index in [0.717, 1.165) is 41.9 Å². The Labute approximate surface area is 153 Å². The normalized spacial score (nSPS) is 16.8. The molecular weight excluding hydrogens is 326 g/mol. The number of hydrogen-bond acceptors (Lipinski definition) is 2. The van der Waals surface area contributed by atoms with Crippen molar-refractivity contribution in [2.75, 3.05) is 13.7 Å². The van der Waals surface area contributed by atoms with E-state index in [-0.39, 0.29) is 11.9 Å². The van der Waals surface area contributed by atoms with Crippen LogP contribution >= 0.6 is 0 Å². The van der Waals surface area contributed by atoms with Gasteiger partial charge < -0.3 is 18.8 Å². The van der Waals surface area contributed by atoms with Crippen LogP contribution in [0.15, 0.2) is 36.4 Å². The third-order valence-electron chi connectivity index (χ3n) is 5.63. The van der Waals surface area contributed by atoms with Crippen LogP contribution in [0.4, 0.5) is 0 Å². The Morgan fingerprint density at radius 1 is 1.19 bits per heavy atom. The predicted molar refractivity (Wildman–Crippen MR) is 103 cm³/mol. The zero-order valence-corrected chi connectivity index (χ0v) is 15.8. The van der Waals surface area contributed by atoms with Crippen molar-refractivity contribution >= 4 is 16.8 Å². The van der Waals surface area contributed by atoms with Gasteiger partial charge in [-0.1, -0.05) is 6.92 Å². The monoisotopic (exact) mass is 351 g/mol. The lowest BCUT2D eigenvalue weighted by Crippen LogP contribution is -2.42. The Hall–Kier alpha value is -2.69. The molecule has 3 heterocycles. The maximum absolute atomic E-state index is 13.4. The zero-order valence-electron chi connectivity index (χ0n) is 15.8. The molecule has 1 unspecified atom stereocenters. The molecule has 1 atom stereocenters. The number of aryl methyl sites for hydroxylation is 2. The summed E-state index contributed by atoms with van der Waals surface area (Å²) in [4.78, 5) is 15.4. The van der Waals surface area contributed by atoms with Gasteiger partial charge in [-0.2, -0.15) is 0 Å². The lowest BCUT2D eigenvalue weighted by molar-refractivity contribution is 0.0607. The van der Waals surface area contributed by atoms with Gasteiger partial charge >= 0.3 is 0 Å². The molecule has 1 aliphatic heterocycles. The van der Waals surface area contributed by atoms with E-state index >= 15 is 0 Å². The summed E-state index contributed by atoms with van der Waals surface area (Å²) in [7, 11) is 3.61. The van der Waals surface area contributed by atoms with E-state index in [0.29, 0.717) is 0 Å². The predicted octanol–water partition coefficient (Wildman–Crippen LogP) is 3.90. The summed E-state index contributed by atoms with van der Waals surface area (Å²) in [6.07, 6.45) is 0.910. The summed E-state index contributed by atoms with van der Waals surface area (Å²) >= 11 is 0. The van der Waals surface area contributed by atoms with Crippen molar-refractivity contribution in [2.45, 2.75) is 32.9 Å². The van der Waals surface area contributed by atoms with Gasteiger partial charge in [-0.15, -0.1) is 0 Å². The molecular formula is C21H25N3O2. The minimum atomic E-state index is 0.0969. The van der Waals surface area contributed by atoms with Crippen LogP contribution in [0.25, 0.3) is 10.9 Å². The van der Waals surface area contributed by atoms with Crippen molar-refractivity contribution in [1.82, 2.24) is 14.0 Å². The lowest BCUT2D eigenvalue weighted by atomic mass is 10.1. The van der Waals surface area contributed by atoms with E-state index in [2.05, 4.69) is 30.5 Å². The van der Waals surface area contributed by atoms with Gasteiger partial charge in [0.1, 0.15) is 11.4 Å². The number of nitrogens with zero attached hydrogens (tertiary/aromatic N) is 3. The van der Waals surface area contributed by atoms with Gasteiger partial charge in [0.05, 0.1) is 18.7 Å². The van der Waals surface area contributed by atoms with Crippen molar-refractivity contribution in [2.24, 2.45) is 7.05 Å². The van der Waals surface area contributed by atoms with Crippen LogP contribution in [0, 0.1) is 6.92 Å². The number of carbonyl (C=O) groups is 1. The minimum Gasteiger partial charge on any atom is -0.497 e. The van der Waals surface area contributed by atoms with Crippen LogP contribution in [0.5, 0.6) is 5.75 Å². The molecule has 5 nitrogen and oxygen atoms in total. The van der Waals surface area contributed by atoms with Crippen LogP contribution in [0.1, 0.15) is 41.3 Å². The molecule has 136 valence electrons. The topological polar surface area (TPSA) is 39.4 Å². The van der Waals surface area contributed by atoms with E-state index in [4.69, 9.17) is 4.74 Å². The first-order valence-corrected chi connectivity index (χ1v) is 9.15. The fourth-order valence-corrected chi connectivity index (χ4v) is 4.17. The van der Waals surface area contributed by atoms with E-state index in [1.165, 1.54) is 11.4 Å². The van der Waals surface area contributed by atoms with Crippen molar-refractivity contribution in [3.63, 3.8) is 0 Å². The molecule has 0 radical (unpaired) electrons. The highest BCUT2D eigenvalue weighted by Crippen LogP contribution is 2.32. The zero-order chi connectivity index (χ0) is 18.4. The number of hydrogen-bond donors (Lipinski definition) is 0. The van der Waals surface area contributed by atoms with Crippen molar-refractivity contribution in [3.8, 4) is 5.75 Å². The van der Waals surface area contributed by atoms with Gasteiger partial charge in [0.25, 0.3) is 5.91 Å². The number of fused-ring (bicyclic) bond motifs is 2. The SMILES string of the molecule is CCC1c2ccc(C)n2CCN1C(=O)c1cc2ccc(OC)cc2n1C. The minimum absolute atomic E-state index is 0.0969. The van der Waals surface area contributed by atoms with E-state index in [1.807, 2.05) is 40.8 Å². The average molecular weight is 351 g/mol. The number of rotatable bonds is 3. The summed E-state index contributed by atoms with van der Waals surface area (Å²) in [5.74, 6) is 0.898. The standard InChI is InChI=1S/C21H25N3O2/c1-5-17-18-9-6-14(2)23(18)10-11-24(17)21(25)20-12-15-7-8-16(26-4)13-19(15)22(20)3/h6-9,12-13,17H,5,10-11H2,1-4H3. The molecule has 1 aromatic carbocycles. The second-order valence-corrected chi connectivity index (χ2v) is 6.99.